The molecule has 2 heterocycles. The van der Waals surface area contributed by atoms with Crippen molar-refractivity contribution < 1.29 is 14.6 Å². The molecule has 4 heteroatoms. The Kier molecular flexibility index (Phi) is 3.65. The van der Waals surface area contributed by atoms with Crippen LogP contribution in [0, 0.1) is 6.92 Å². The van der Waals surface area contributed by atoms with E-state index < -0.39 is 5.97 Å². The number of hydrogen-bond acceptors (Lipinski definition) is 2. The number of hydrogen-bond donors (Lipinski definition) is 2. The number of carboxylic acid groups (broad SMARTS) is 1. The van der Waals surface area contributed by atoms with Crippen molar-refractivity contribution in [3.8, 4) is 17.0 Å². The molecule has 0 fully saturated rings. The third-order valence-corrected chi connectivity index (χ3v) is 4.35. The molecule has 0 radical (unpaired) electrons. The van der Waals surface area contributed by atoms with Crippen LogP contribution in [0.5, 0.6) is 5.75 Å². The van der Waals surface area contributed by atoms with E-state index in [0.717, 1.165) is 33.8 Å². The number of nitrogens with one attached hydrogen (secondary N) is 1. The summed E-state index contributed by atoms with van der Waals surface area (Å²) in [5.41, 5.74) is 6.56. The number of rotatable bonds is 3. The maximum absolute atomic E-state index is 11.0. The van der Waals surface area contributed by atoms with Gasteiger partial charge in [-0.15, -0.1) is 0 Å². The van der Waals surface area contributed by atoms with Crippen LogP contribution in [0.4, 0.5) is 0 Å². The maximum Gasteiger partial charge on any atom is 0.335 e. The minimum Gasteiger partial charge on any atom is -0.488 e. The molecule has 2 aromatic carbocycles. The van der Waals surface area contributed by atoms with Gasteiger partial charge in [-0.05, 0) is 55.0 Å². The summed E-state index contributed by atoms with van der Waals surface area (Å²) in [7, 11) is 0. The molecule has 0 saturated carbocycles. The lowest BCUT2D eigenvalue weighted by atomic mass is 10.0. The summed E-state index contributed by atoms with van der Waals surface area (Å²) in [6, 6.07) is 17.0. The highest BCUT2D eigenvalue weighted by Crippen LogP contribution is 2.32. The molecular weight excluding hydrogens is 314 g/mol. The molecule has 25 heavy (non-hydrogen) atoms. The number of ether oxygens (including phenoxy) is 1. The fourth-order valence-electron chi connectivity index (χ4n) is 3.00. The zero-order chi connectivity index (χ0) is 17.4. The van der Waals surface area contributed by atoms with E-state index in [1.165, 1.54) is 5.56 Å². The fourth-order valence-corrected chi connectivity index (χ4v) is 3.00. The molecule has 2 N–H and O–H groups in total. The van der Waals surface area contributed by atoms with Crippen LogP contribution in [-0.2, 0) is 0 Å². The second-order valence-electron chi connectivity index (χ2n) is 6.17. The van der Waals surface area contributed by atoms with Gasteiger partial charge in [0.1, 0.15) is 12.4 Å². The van der Waals surface area contributed by atoms with Gasteiger partial charge < -0.3 is 14.8 Å². The van der Waals surface area contributed by atoms with Crippen LogP contribution in [0.2, 0.25) is 0 Å². The number of fused-ring (bicyclic) bond motifs is 1. The van der Waals surface area contributed by atoms with Gasteiger partial charge in [0.25, 0.3) is 0 Å². The van der Waals surface area contributed by atoms with Crippen molar-refractivity contribution in [2.24, 2.45) is 0 Å². The molecule has 1 aromatic heterocycles. The average molecular weight is 331 g/mol. The van der Waals surface area contributed by atoms with Crippen molar-refractivity contribution in [1.29, 1.82) is 0 Å². The molecule has 3 aromatic rings. The van der Waals surface area contributed by atoms with Gasteiger partial charge in [0.05, 0.1) is 5.56 Å². The summed E-state index contributed by atoms with van der Waals surface area (Å²) in [6.45, 7) is 2.59. The highest BCUT2D eigenvalue weighted by molar-refractivity contribution is 5.88. The van der Waals surface area contributed by atoms with Gasteiger partial charge in [-0.25, -0.2) is 4.79 Å². The van der Waals surface area contributed by atoms with E-state index in [9.17, 15) is 4.79 Å². The molecule has 0 atom stereocenters. The lowest BCUT2D eigenvalue weighted by molar-refractivity contribution is 0.0697. The van der Waals surface area contributed by atoms with Crippen molar-refractivity contribution in [2.45, 2.75) is 6.92 Å². The van der Waals surface area contributed by atoms with Crippen LogP contribution in [0.25, 0.3) is 22.9 Å². The predicted molar refractivity (Wildman–Crippen MR) is 97.7 cm³/mol. The Morgan fingerprint density at radius 3 is 2.56 bits per heavy atom. The second-order valence-corrected chi connectivity index (χ2v) is 6.17. The van der Waals surface area contributed by atoms with E-state index in [4.69, 9.17) is 9.84 Å². The molecule has 0 unspecified atom stereocenters. The quantitative estimate of drug-likeness (QED) is 0.736. The maximum atomic E-state index is 11.0. The van der Waals surface area contributed by atoms with Gasteiger partial charge >= 0.3 is 5.97 Å². The van der Waals surface area contributed by atoms with Crippen LogP contribution in [0.15, 0.2) is 54.6 Å². The van der Waals surface area contributed by atoms with Crippen LogP contribution in [-0.4, -0.2) is 22.7 Å². The molecule has 4 rings (SSSR count). The molecule has 4 nitrogen and oxygen atoms in total. The predicted octanol–water partition coefficient (Wildman–Crippen LogP) is 4.62. The molecule has 0 amide bonds. The first-order valence-corrected chi connectivity index (χ1v) is 8.07. The third-order valence-electron chi connectivity index (χ3n) is 4.35. The van der Waals surface area contributed by atoms with Gasteiger partial charge in [0, 0.05) is 22.5 Å². The molecule has 1 aliphatic rings. The number of carbonyl (C=O) groups is 1. The standard InChI is InChI=1S/C21H17NO3/c1-13-2-9-20-16(10-13)11-17(12-25-20)19-8-7-18(22-19)14-3-5-15(6-4-14)21(23)24/h2-11,22H,12H2,1H3,(H,23,24). The molecule has 0 bridgehead atoms. The third kappa shape index (κ3) is 2.94. The summed E-state index contributed by atoms with van der Waals surface area (Å²) >= 11 is 0. The Morgan fingerprint density at radius 1 is 1.04 bits per heavy atom. The Hall–Kier alpha value is -3.27. The van der Waals surface area contributed by atoms with E-state index in [1.54, 1.807) is 12.1 Å². The summed E-state index contributed by atoms with van der Waals surface area (Å²) < 4.78 is 5.85. The number of carboxylic acids is 1. The molecule has 124 valence electrons. The SMILES string of the molecule is Cc1ccc2c(c1)C=C(c1ccc(-c3ccc(C(=O)O)cc3)[nH]1)CO2. The number of benzene rings is 2. The first kappa shape index (κ1) is 15.3. The van der Waals surface area contributed by atoms with Gasteiger partial charge in [-0.1, -0.05) is 23.8 Å². The topological polar surface area (TPSA) is 62.3 Å². The van der Waals surface area contributed by atoms with E-state index in [1.807, 2.05) is 36.4 Å². The Balaban J connectivity index is 1.64. The molecular formula is C21H17NO3. The first-order chi connectivity index (χ1) is 12.1. The minimum atomic E-state index is -0.919. The number of aryl methyl sites for hydroxylation is 1. The van der Waals surface area contributed by atoms with Crippen molar-refractivity contribution in [1.82, 2.24) is 4.98 Å². The van der Waals surface area contributed by atoms with E-state index in [-0.39, 0.29) is 5.56 Å². The van der Waals surface area contributed by atoms with Crippen molar-refractivity contribution >= 4 is 17.6 Å². The van der Waals surface area contributed by atoms with Gasteiger partial charge in [0.2, 0.25) is 0 Å². The Morgan fingerprint density at radius 2 is 1.80 bits per heavy atom. The number of H-pyrrole nitrogens is 1. The summed E-state index contributed by atoms with van der Waals surface area (Å²) in [5.74, 6) is -0.0115. The molecule has 0 aliphatic carbocycles. The highest BCUT2D eigenvalue weighted by atomic mass is 16.5. The van der Waals surface area contributed by atoms with Crippen LogP contribution in [0.1, 0.15) is 27.2 Å². The first-order valence-electron chi connectivity index (χ1n) is 8.07. The minimum absolute atomic E-state index is 0.283. The van der Waals surface area contributed by atoms with E-state index >= 15 is 0 Å². The van der Waals surface area contributed by atoms with Crippen molar-refractivity contribution in [2.75, 3.05) is 6.61 Å². The summed E-state index contributed by atoms with van der Waals surface area (Å²) in [4.78, 5) is 14.4. The van der Waals surface area contributed by atoms with Crippen molar-refractivity contribution in [3.05, 3.63) is 77.0 Å². The smallest absolute Gasteiger partial charge is 0.335 e. The number of aromatic carboxylic acids is 1. The van der Waals surface area contributed by atoms with Crippen LogP contribution < -0.4 is 4.74 Å². The largest absolute Gasteiger partial charge is 0.488 e. The van der Waals surface area contributed by atoms with Gasteiger partial charge in [0.15, 0.2) is 0 Å². The average Bonchev–Trinajstić information content (AvgIpc) is 3.11. The van der Waals surface area contributed by atoms with E-state index in [2.05, 4.69) is 24.1 Å². The summed E-state index contributed by atoms with van der Waals surface area (Å²) in [5, 5.41) is 8.99. The van der Waals surface area contributed by atoms with Crippen LogP contribution >= 0.6 is 0 Å². The Bertz CT molecular complexity index is 981. The second kappa shape index (κ2) is 5.98. The number of aromatic nitrogens is 1. The van der Waals surface area contributed by atoms with Crippen LogP contribution in [0.3, 0.4) is 0 Å². The normalized spacial score (nSPS) is 12.9. The molecule has 0 saturated heterocycles. The van der Waals surface area contributed by atoms with Crippen molar-refractivity contribution in [3.63, 3.8) is 0 Å². The lowest BCUT2D eigenvalue weighted by Gasteiger charge is -2.17. The molecule has 0 spiro atoms. The van der Waals surface area contributed by atoms with Gasteiger partial charge in [-0.2, -0.15) is 0 Å². The Labute approximate surface area is 145 Å². The zero-order valence-corrected chi connectivity index (χ0v) is 13.7. The lowest BCUT2D eigenvalue weighted by Crippen LogP contribution is -2.07. The van der Waals surface area contributed by atoms with Gasteiger partial charge in [-0.3, -0.25) is 0 Å². The number of aromatic amines is 1. The zero-order valence-electron chi connectivity index (χ0n) is 13.7. The summed E-state index contributed by atoms with van der Waals surface area (Å²) in [6.07, 6.45) is 2.15. The molecule has 1 aliphatic heterocycles. The monoisotopic (exact) mass is 331 g/mol. The highest BCUT2D eigenvalue weighted by Gasteiger charge is 2.14. The van der Waals surface area contributed by atoms with E-state index in [0.29, 0.717) is 6.61 Å². The fraction of sp³-hybridized carbons (Fsp3) is 0.0952.